The Labute approximate surface area is 129 Å². The molecule has 114 valence electrons. The third-order valence-electron chi connectivity index (χ3n) is 3.17. The van der Waals surface area contributed by atoms with Crippen LogP contribution in [0.25, 0.3) is 0 Å². The summed E-state index contributed by atoms with van der Waals surface area (Å²) in [4.78, 5) is 4.08. The van der Waals surface area contributed by atoms with Gasteiger partial charge in [-0.3, -0.25) is 0 Å². The van der Waals surface area contributed by atoms with Gasteiger partial charge in [-0.2, -0.15) is 5.26 Å². The van der Waals surface area contributed by atoms with Gasteiger partial charge in [-0.25, -0.2) is 4.39 Å². The zero-order valence-corrected chi connectivity index (χ0v) is 12.7. The third-order valence-corrected chi connectivity index (χ3v) is 3.17. The van der Waals surface area contributed by atoms with E-state index in [1.54, 1.807) is 18.2 Å². The summed E-state index contributed by atoms with van der Waals surface area (Å²) in [7, 11) is 3.98. The lowest BCUT2D eigenvalue weighted by Gasteiger charge is -2.25. The van der Waals surface area contributed by atoms with Gasteiger partial charge in [0.15, 0.2) is 11.5 Å². The molecule has 0 aliphatic heterocycles. The Morgan fingerprint density at radius 1 is 1.14 bits per heavy atom. The fourth-order valence-corrected chi connectivity index (χ4v) is 2.00. The first-order valence-electron chi connectivity index (χ1n) is 6.96. The van der Waals surface area contributed by atoms with Crippen molar-refractivity contribution in [1.29, 1.82) is 5.26 Å². The van der Waals surface area contributed by atoms with Crippen LogP contribution >= 0.6 is 0 Å². The smallest absolute Gasteiger partial charge is 0.163 e. The minimum atomic E-state index is -0.254. The highest BCUT2D eigenvalue weighted by Gasteiger charge is 2.11. The maximum absolute atomic E-state index is 13.3. The van der Waals surface area contributed by atoms with Gasteiger partial charge >= 0.3 is 0 Å². The summed E-state index contributed by atoms with van der Waals surface area (Å²) in [6.45, 7) is 2.09. The predicted molar refractivity (Wildman–Crippen MR) is 82.8 cm³/mol. The highest BCUT2D eigenvalue weighted by molar-refractivity contribution is 5.40. The molecule has 1 heterocycles. The van der Waals surface area contributed by atoms with Gasteiger partial charge in [0.25, 0.3) is 0 Å². The Morgan fingerprint density at radius 3 is 2.55 bits per heavy atom. The molecule has 5 nitrogen and oxygen atoms in total. The van der Waals surface area contributed by atoms with Crippen molar-refractivity contribution in [2.75, 3.05) is 32.1 Å². The molecule has 0 atom stereocenters. The Hall–Kier alpha value is -2.52. The normalized spacial score (nSPS) is 10.5. The van der Waals surface area contributed by atoms with Crippen molar-refractivity contribution in [2.24, 2.45) is 0 Å². The largest absolute Gasteiger partial charge is 0.350 e. The topological polar surface area (TPSA) is 56.0 Å². The number of nitriles is 1. The average Bonchev–Trinajstić information content (AvgIpc) is 2.51. The molecule has 0 saturated carbocycles. The minimum absolute atomic E-state index is 0.254. The Balaban J connectivity index is 2.19. The summed E-state index contributed by atoms with van der Waals surface area (Å²) >= 11 is 0. The van der Waals surface area contributed by atoms with Crippen LogP contribution in [0.1, 0.15) is 11.3 Å². The number of hydrogen-bond acceptors (Lipinski definition) is 5. The number of nitrogens with zero attached hydrogens (tertiary/aromatic N) is 5. The Kier molecular flexibility index (Phi) is 5.39. The van der Waals surface area contributed by atoms with Crippen molar-refractivity contribution in [3.05, 3.63) is 53.5 Å². The van der Waals surface area contributed by atoms with Gasteiger partial charge in [-0.15, -0.1) is 10.2 Å². The number of benzene rings is 1. The molecule has 0 aliphatic carbocycles. The van der Waals surface area contributed by atoms with Crippen LogP contribution in [0.3, 0.4) is 0 Å². The number of likely N-dealkylation sites (N-methyl/N-ethyl adjacent to an activating group) is 1. The fraction of sp³-hybridized carbons (Fsp3) is 0.312. The number of anilines is 1. The van der Waals surface area contributed by atoms with Crippen molar-refractivity contribution >= 4 is 5.82 Å². The molecular weight excluding hydrogens is 281 g/mol. The molecule has 1 aromatic heterocycles. The molecule has 0 fully saturated rings. The van der Waals surface area contributed by atoms with E-state index in [4.69, 9.17) is 5.26 Å². The molecular formula is C16H18FN5. The first kappa shape index (κ1) is 15.9. The maximum Gasteiger partial charge on any atom is 0.163 e. The van der Waals surface area contributed by atoms with Crippen LogP contribution in [0.15, 0.2) is 36.4 Å². The third kappa shape index (κ3) is 4.50. The van der Waals surface area contributed by atoms with Crippen LogP contribution in [-0.4, -0.2) is 42.3 Å². The van der Waals surface area contributed by atoms with Gasteiger partial charge in [-0.05, 0) is 43.9 Å². The predicted octanol–water partition coefficient (Wildman–Crippen LogP) is 2.06. The molecule has 0 N–H and O–H groups in total. The van der Waals surface area contributed by atoms with E-state index in [0.29, 0.717) is 12.4 Å². The summed E-state index contributed by atoms with van der Waals surface area (Å²) in [6, 6.07) is 11.9. The molecule has 0 unspecified atom stereocenters. The maximum atomic E-state index is 13.3. The van der Waals surface area contributed by atoms with Gasteiger partial charge in [0.1, 0.15) is 11.9 Å². The SMILES string of the molecule is CN(C)CCN(Cc1cccc(F)c1)c1ccc(C#N)nn1. The first-order chi connectivity index (χ1) is 10.6. The molecule has 0 aliphatic rings. The van der Waals surface area contributed by atoms with Gasteiger partial charge in [0.05, 0.1) is 0 Å². The number of rotatable bonds is 6. The van der Waals surface area contributed by atoms with E-state index >= 15 is 0 Å². The molecule has 1 aromatic carbocycles. The number of hydrogen-bond donors (Lipinski definition) is 0. The zero-order valence-electron chi connectivity index (χ0n) is 12.7. The van der Waals surface area contributed by atoms with E-state index in [2.05, 4.69) is 15.1 Å². The van der Waals surface area contributed by atoms with E-state index < -0.39 is 0 Å². The lowest BCUT2D eigenvalue weighted by molar-refractivity contribution is 0.412. The van der Waals surface area contributed by atoms with Crippen LogP contribution in [0, 0.1) is 17.1 Å². The standard InChI is InChI=1S/C16H18FN5/c1-21(2)8-9-22(12-13-4-3-5-14(17)10-13)16-7-6-15(11-18)19-20-16/h3-7,10H,8-9,12H2,1-2H3. The van der Waals surface area contributed by atoms with Crippen molar-refractivity contribution in [3.8, 4) is 6.07 Å². The average molecular weight is 299 g/mol. The van der Waals surface area contributed by atoms with Gasteiger partial charge in [-0.1, -0.05) is 12.1 Å². The van der Waals surface area contributed by atoms with E-state index in [-0.39, 0.29) is 11.5 Å². The molecule has 2 aromatic rings. The summed E-state index contributed by atoms with van der Waals surface area (Å²) in [5.41, 5.74) is 1.15. The van der Waals surface area contributed by atoms with E-state index in [0.717, 1.165) is 18.7 Å². The molecule has 2 rings (SSSR count). The van der Waals surface area contributed by atoms with Crippen LogP contribution in [0.4, 0.5) is 10.2 Å². The summed E-state index contributed by atoms with van der Waals surface area (Å²) < 4.78 is 13.3. The van der Waals surface area contributed by atoms with E-state index in [1.807, 2.05) is 31.1 Å². The van der Waals surface area contributed by atoms with Gasteiger partial charge in [0.2, 0.25) is 0 Å². The molecule has 6 heteroatoms. The highest BCUT2D eigenvalue weighted by atomic mass is 19.1. The van der Waals surface area contributed by atoms with E-state index in [1.165, 1.54) is 12.1 Å². The summed E-state index contributed by atoms with van der Waals surface area (Å²) in [5.74, 6) is 0.418. The Morgan fingerprint density at radius 2 is 1.95 bits per heavy atom. The zero-order chi connectivity index (χ0) is 15.9. The summed E-state index contributed by atoms with van der Waals surface area (Å²) in [5, 5.41) is 16.7. The number of aromatic nitrogens is 2. The lowest BCUT2D eigenvalue weighted by Crippen LogP contribution is -2.32. The van der Waals surface area contributed by atoms with Gasteiger partial charge in [0, 0.05) is 19.6 Å². The quantitative estimate of drug-likeness (QED) is 0.817. The van der Waals surface area contributed by atoms with Crippen LogP contribution in [0.2, 0.25) is 0 Å². The highest BCUT2D eigenvalue weighted by Crippen LogP contribution is 2.14. The van der Waals surface area contributed by atoms with Gasteiger partial charge < -0.3 is 9.80 Å². The van der Waals surface area contributed by atoms with Crippen molar-refractivity contribution in [3.63, 3.8) is 0 Å². The number of halogens is 1. The molecule has 0 saturated heterocycles. The molecule has 0 amide bonds. The monoisotopic (exact) mass is 299 g/mol. The minimum Gasteiger partial charge on any atom is -0.350 e. The summed E-state index contributed by atoms with van der Waals surface area (Å²) in [6.07, 6.45) is 0. The first-order valence-corrected chi connectivity index (χ1v) is 6.96. The fourth-order valence-electron chi connectivity index (χ4n) is 2.00. The second-order valence-electron chi connectivity index (χ2n) is 5.24. The van der Waals surface area contributed by atoms with Crippen molar-refractivity contribution < 1.29 is 4.39 Å². The second-order valence-corrected chi connectivity index (χ2v) is 5.24. The molecule has 22 heavy (non-hydrogen) atoms. The second kappa shape index (κ2) is 7.48. The van der Waals surface area contributed by atoms with Crippen molar-refractivity contribution in [2.45, 2.75) is 6.54 Å². The Bertz CT molecular complexity index is 648. The molecule has 0 bridgehead atoms. The lowest BCUT2D eigenvalue weighted by atomic mass is 10.2. The molecule has 0 spiro atoms. The van der Waals surface area contributed by atoms with E-state index in [9.17, 15) is 4.39 Å². The van der Waals surface area contributed by atoms with Crippen LogP contribution in [-0.2, 0) is 6.54 Å². The van der Waals surface area contributed by atoms with Crippen molar-refractivity contribution in [1.82, 2.24) is 15.1 Å². The molecule has 0 radical (unpaired) electrons. The van der Waals surface area contributed by atoms with Crippen LogP contribution < -0.4 is 4.90 Å². The van der Waals surface area contributed by atoms with Crippen LogP contribution in [0.5, 0.6) is 0 Å².